The SMILES string of the molecule is CC(C)(C)OC(=O)N1CCC(N)CC1.CCOC(=O)C(NC(=O)NC1CCN(C(=O)O)CC1)c1ccccn1. The molecule has 1 unspecified atom stereocenters. The molecule has 13 heteroatoms. The molecule has 0 radical (unpaired) electrons. The Labute approximate surface area is 229 Å². The zero-order chi connectivity index (χ0) is 29.0. The van der Waals surface area contributed by atoms with Crippen molar-refractivity contribution >= 4 is 24.2 Å². The van der Waals surface area contributed by atoms with Crippen LogP contribution in [0.3, 0.4) is 0 Å². The van der Waals surface area contributed by atoms with E-state index in [2.05, 4.69) is 15.6 Å². The maximum Gasteiger partial charge on any atom is 0.410 e. The number of pyridine rings is 1. The van der Waals surface area contributed by atoms with Crippen molar-refractivity contribution < 1.29 is 33.8 Å². The van der Waals surface area contributed by atoms with E-state index in [1.54, 1.807) is 30.0 Å². The number of hydrogen-bond acceptors (Lipinski definition) is 8. The molecule has 3 rings (SSSR count). The van der Waals surface area contributed by atoms with E-state index in [4.69, 9.17) is 20.3 Å². The van der Waals surface area contributed by atoms with Crippen molar-refractivity contribution in [3.63, 3.8) is 0 Å². The summed E-state index contributed by atoms with van der Waals surface area (Å²) >= 11 is 0. The average Bonchev–Trinajstić information content (AvgIpc) is 2.88. The molecule has 3 heterocycles. The fourth-order valence-corrected chi connectivity index (χ4v) is 4.01. The van der Waals surface area contributed by atoms with Crippen LogP contribution < -0.4 is 16.4 Å². The zero-order valence-electron chi connectivity index (χ0n) is 23.2. The van der Waals surface area contributed by atoms with Crippen molar-refractivity contribution in [2.24, 2.45) is 5.73 Å². The molecule has 13 nitrogen and oxygen atoms in total. The summed E-state index contributed by atoms with van der Waals surface area (Å²) in [5.41, 5.74) is 5.73. The fraction of sp³-hybridized carbons (Fsp3) is 0.654. The Bertz CT molecular complexity index is 940. The van der Waals surface area contributed by atoms with Crippen LogP contribution in [-0.2, 0) is 14.3 Å². The lowest BCUT2D eigenvalue weighted by atomic mass is 10.1. The van der Waals surface area contributed by atoms with Gasteiger partial charge >= 0.3 is 24.2 Å². The third-order valence-corrected chi connectivity index (χ3v) is 6.07. The Hall–Kier alpha value is -3.61. The number of likely N-dealkylation sites (tertiary alicyclic amines) is 2. The van der Waals surface area contributed by atoms with Gasteiger partial charge in [0.2, 0.25) is 0 Å². The number of piperidine rings is 2. The van der Waals surface area contributed by atoms with Crippen LogP contribution >= 0.6 is 0 Å². The summed E-state index contributed by atoms with van der Waals surface area (Å²) in [6, 6.07) is 3.64. The number of esters is 1. The number of carbonyl (C=O) groups is 4. The minimum absolute atomic E-state index is 0.151. The van der Waals surface area contributed by atoms with Gasteiger partial charge in [0.05, 0.1) is 12.3 Å². The third kappa shape index (κ3) is 11.3. The van der Waals surface area contributed by atoms with Crippen molar-refractivity contribution in [3.05, 3.63) is 30.1 Å². The topological polar surface area (TPSA) is 176 Å². The van der Waals surface area contributed by atoms with Gasteiger partial charge in [-0.1, -0.05) is 6.07 Å². The number of aromatic nitrogens is 1. The number of nitrogens with one attached hydrogen (secondary N) is 2. The van der Waals surface area contributed by atoms with E-state index in [0.717, 1.165) is 25.9 Å². The van der Waals surface area contributed by atoms with Crippen LogP contribution in [0, 0.1) is 0 Å². The van der Waals surface area contributed by atoms with Gasteiger partial charge in [0.15, 0.2) is 6.04 Å². The van der Waals surface area contributed by atoms with Crippen molar-refractivity contribution in [1.82, 2.24) is 25.4 Å². The van der Waals surface area contributed by atoms with Crippen molar-refractivity contribution in [2.75, 3.05) is 32.8 Å². The summed E-state index contributed by atoms with van der Waals surface area (Å²) in [7, 11) is 0. The molecular weight excluding hydrogens is 508 g/mol. The van der Waals surface area contributed by atoms with Crippen LogP contribution in [0.5, 0.6) is 0 Å². The molecule has 5 N–H and O–H groups in total. The standard InChI is InChI=1S/C16H22N4O5.C10H20N2O2/c1-2-25-14(21)13(12-5-3-4-8-17-12)19-15(22)18-11-6-9-20(10-7-11)16(23)24;1-10(2,3)14-9(13)12-6-4-8(11)5-7-12/h3-5,8,11,13H,2,6-7,9-10H2,1H3,(H,23,24)(H2,18,19,22);8H,4-7,11H2,1-3H3. The number of nitrogens with two attached hydrogens (primary N) is 1. The predicted octanol–water partition coefficient (Wildman–Crippen LogP) is 2.47. The van der Waals surface area contributed by atoms with Gasteiger partial charge in [0, 0.05) is 44.5 Å². The highest BCUT2D eigenvalue weighted by atomic mass is 16.6. The third-order valence-electron chi connectivity index (χ3n) is 6.07. The monoisotopic (exact) mass is 550 g/mol. The number of amides is 4. The lowest BCUT2D eigenvalue weighted by molar-refractivity contribution is -0.145. The Morgan fingerprint density at radius 3 is 2.21 bits per heavy atom. The molecule has 39 heavy (non-hydrogen) atoms. The van der Waals surface area contributed by atoms with Crippen LogP contribution in [0.2, 0.25) is 0 Å². The number of ether oxygens (including phenoxy) is 2. The number of urea groups is 1. The number of carboxylic acid groups (broad SMARTS) is 1. The van der Waals surface area contributed by atoms with Crippen molar-refractivity contribution in [3.8, 4) is 0 Å². The van der Waals surface area contributed by atoms with Crippen LogP contribution in [0.1, 0.15) is 65.1 Å². The minimum atomic E-state index is -1.000. The number of carbonyl (C=O) groups excluding carboxylic acids is 3. The number of hydrogen-bond donors (Lipinski definition) is 4. The number of nitrogens with zero attached hydrogens (tertiary/aromatic N) is 3. The molecule has 1 aromatic rings. The first-order chi connectivity index (χ1) is 18.4. The summed E-state index contributed by atoms with van der Waals surface area (Å²) in [5.74, 6) is -0.586. The molecule has 0 saturated carbocycles. The summed E-state index contributed by atoms with van der Waals surface area (Å²) < 4.78 is 10.3. The van der Waals surface area contributed by atoms with Gasteiger partial charge < -0.3 is 40.7 Å². The van der Waals surface area contributed by atoms with Crippen LogP contribution in [-0.4, -0.2) is 94.5 Å². The molecule has 0 aromatic carbocycles. The molecule has 218 valence electrons. The highest BCUT2D eigenvalue weighted by Gasteiger charge is 2.28. The highest BCUT2D eigenvalue weighted by molar-refractivity contribution is 5.84. The van der Waals surface area contributed by atoms with Crippen LogP contribution in [0.4, 0.5) is 14.4 Å². The molecular formula is C26H42N6O7. The normalized spacial score (nSPS) is 17.3. The maximum atomic E-state index is 12.2. The zero-order valence-corrected chi connectivity index (χ0v) is 23.2. The second-order valence-corrected chi connectivity index (χ2v) is 10.4. The van der Waals surface area contributed by atoms with E-state index in [1.807, 2.05) is 20.8 Å². The largest absolute Gasteiger partial charge is 0.465 e. The molecule has 0 aliphatic carbocycles. The maximum absolute atomic E-state index is 12.2. The van der Waals surface area contributed by atoms with E-state index in [0.29, 0.717) is 31.6 Å². The minimum Gasteiger partial charge on any atom is -0.465 e. The van der Waals surface area contributed by atoms with Gasteiger partial charge in [-0.05, 0) is 65.5 Å². The van der Waals surface area contributed by atoms with Gasteiger partial charge in [0.1, 0.15) is 5.60 Å². The Kier molecular flexibility index (Phi) is 12.2. The quantitative estimate of drug-likeness (QED) is 0.401. The van der Waals surface area contributed by atoms with Crippen molar-refractivity contribution in [2.45, 2.75) is 77.1 Å². The van der Waals surface area contributed by atoms with Gasteiger partial charge in [0.25, 0.3) is 0 Å². The second kappa shape index (κ2) is 15.1. The highest BCUT2D eigenvalue weighted by Crippen LogP contribution is 2.15. The van der Waals surface area contributed by atoms with Crippen molar-refractivity contribution in [1.29, 1.82) is 0 Å². The smallest absolute Gasteiger partial charge is 0.410 e. The molecule has 1 atom stereocenters. The first-order valence-electron chi connectivity index (χ1n) is 13.3. The average molecular weight is 551 g/mol. The fourth-order valence-electron chi connectivity index (χ4n) is 4.01. The predicted molar refractivity (Wildman–Crippen MR) is 143 cm³/mol. The summed E-state index contributed by atoms with van der Waals surface area (Å²) in [5, 5.41) is 14.3. The molecule has 0 bridgehead atoms. The first kappa shape index (κ1) is 31.6. The molecule has 0 spiro atoms. The molecule has 4 amide bonds. The van der Waals surface area contributed by atoms with Gasteiger partial charge in [-0.3, -0.25) is 4.98 Å². The van der Waals surface area contributed by atoms with Gasteiger partial charge in [-0.2, -0.15) is 0 Å². The Morgan fingerprint density at radius 1 is 1.08 bits per heavy atom. The Balaban J connectivity index is 0.000000322. The molecule has 1 aromatic heterocycles. The Morgan fingerprint density at radius 2 is 1.69 bits per heavy atom. The van der Waals surface area contributed by atoms with E-state index in [-0.39, 0.29) is 24.8 Å². The second-order valence-electron chi connectivity index (χ2n) is 10.4. The van der Waals surface area contributed by atoms with E-state index in [1.165, 1.54) is 11.1 Å². The first-order valence-corrected chi connectivity index (χ1v) is 13.3. The lowest BCUT2D eigenvalue weighted by Crippen LogP contribution is -2.50. The lowest BCUT2D eigenvalue weighted by Gasteiger charge is -2.32. The van der Waals surface area contributed by atoms with Gasteiger partial charge in [-0.25, -0.2) is 19.2 Å². The summed E-state index contributed by atoms with van der Waals surface area (Å²) in [4.78, 5) is 54.0. The summed E-state index contributed by atoms with van der Waals surface area (Å²) in [6.07, 6.45) is 3.15. The van der Waals surface area contributed by atoms with E-state index >= 15 is 0 Å². The molecule has 2 aliphatic heterocycles. The van der Waals surface area contributed by atoms with E-state index < -0.39 is 29.7 Å². The van der Waals surface area contributed by atoms with Crippen LogP contribution in [0.25, 0.3) is 0 Å². The number of rotatable bonds is 5. The molecule has 2 aliphatic rings. The summed E-state index contributed by atoms with van der Waals surface area (Å²) in [6.45, 7) is 9.67. The van der Waals surface area contributed by atoms with Crippen LogP contribution in [0.15, 0.2) is 24.4 Å². The molecule has 2 fully saturated rings. The van der Waals surface area contributed by atoms with E-state index in [9.17, 15) is 19.2 Å². The molecule has 2 saturated heterocycles. The van der Waals surface area contributed by atoms with Gasteiger partial charge in [-0.15, -0.1) is 0 Å².